The van der Waals surface area contributed by atoms with Crippen molar-refractivity contribution in [1.82, 2.24) is 15.0 Å². The van der Waals surface area contributed by atoms with Crippen molar-refractivity contribution in [1.29, 1.82) is 0 Å². The Bertz CT molecular complexity index is 1050. The Labute approximate surface area is 144 Å². The summed E-state index contributed by atoms with van der Waals surface area (Å²) in [5, 5.41) is 13.5. The normalized spacial score (nSPS) is 19.8. The average molecular weight is 358 g/mol. The van der Waals surface area contributed by atoms with Crippen molar-refractivity contribution in [2.45, 2.75) is 23.2 Å². The Morgan fingerprint density at radius 3 is 2.68 bits per heavy atom. The summed E-state index contributed by atoms with van der Waals surface area (Å²) < 4.78 is 38.4. The van der Waals surface area contributed by atoms with Crippen LogP contribution < -0.4 is 5.14 Å². The van der Waals surface area contributed by atoms with Crippen LogP contribution in [0.2, 0.25) is 0 Å². The molecule has 1 saturated carbocycles. The van der Waals surface area contributed by atoms with Gasteiger partial charge >= 0.3 is 0 Å². The van der Waals surface area contributed by atoms with Crippen LogP contribution in [0.15, 0.2) is 59.6 Å². The molecule has 2 atom stereocenters. The van der Waals surface area contributed by atoms with Gasteiger partial charge in [0.15, 0.2) is 0 Å². The SMILES string of the molecule is NS(=O)(=O)c1ccccc1[C@@H]1C[C@H]1c1cn(-c2cccc(F)c2)nn1. The van der Waals surface area contributed by atoms with Crippen molar-refractivity contribution in [2.75, 3.05) is 0 Å². The van der Waals surface area contributed by atoms with Gasteiger partial charge in [-0.05, 0) is 42.2 Å². The van der Waals surface area contributed by atoms with Crippen LogP contribution in [0, 0.1) is 5.82 Å². The summed E-state index contributed by atoms with van der Waals surface area (Å²) in [5.41, 5.74) is 2.04. The highest BCUT2D eigenvalue weighted by atomic mass is 32.2. The standard InChI is InChI=1S/C17H15FN4O2S/c18-11-4-3-5-12(8-11)22-10-16(20-21-22)15-9-14(15)13-6-1-2-7-17(13)25(19,23)24/h1-8,10,14-15H,9H2,(H2,19,23,24)/t14-,15+/m0/s1. The van der Waals surface area contributed by atoms with Crippen molar-refractivity contribution in [3.05, 3.63) is 71.8 Å². The minimum absolute atomic E-state index is 0.0344. The molecule has 0 radical (unpaired) electrons. The molecule has 0 saturated heterocycles. The minimum atomic E-state index is -3.77. The molecule has 3 aromatic rings. The molecule has 1 fully saturated rings. The van der Waals surface area contributed by atoms with Crippen LogP contribution in [0.1, 0.15) is 29.5 Å². The number of primary sulfonamides is 1. The summed E-state index contributed by atoms with van der Waals surface area (Å²) in [6, 6.07) is 12.8. The van der Waals surface area contributed by atoms with E-state index in [4.69, 9.17) is 5.14 Å². The second-order valence-electron chi connectivity index (χ2n) is 6.10. The number of halogens is 1. The fourth-order valence-corrected chi connectivity index (χ4v) is 3.92. The topological polar surface area (TPSA) is 90.9 Å². The van der Waals surface area contributed by atoms with Crippen LogP contribution in [0.3, 0.4) is 0 Å². The number of nitrogens with two attached hydrogens (primary N) is 1. The Morgan fingerprint density at radius 1 is 1.12 bits per heavy atom. The van der Waals surface area contributed by atoms with Gasteiger partial charge in [-0.25, -0.2) is 22.6 Å². The lowest BCUT2D eigenvalue weighted by Crippen LogP contribution is -2.14. The second-order valence-corrected chi connectivity index (χ2v) is 7.63. The quantitative estimate of drug-likeness (QED) is 0.775. The molecule has 0 spiro atoms. The van der Waals surface area contributed by atoms with E-state index in [9.17, 15) is 12.8 Å². The monoisotopic (exact) mass is 358 g/mol. The third-order valence-electron chi connectivity index (χ3n) is 4.38. The van der Waals surface area contributed by atoms with Gasteiger partial charge in [-0.3, -0.25) is 0 Å². The van der Waals surface area contributed by atoms with E-state index < -0.39 is 10.0 Å². The Kier molecular flexibility index (Phi) is 3.66. The number of aromatic nitrogens is 3. The van der Waals surface area contributed by atoms with E-state index in [1.165, 1.54) is 22.9 Å². The maximum Gasteiger partial charge on any atom is 0.238 e. The molecular weight excluding hydrogens is 343 g/mol. The smallest absolute Gasteiger partial charge is 0.225 e. The first-order valence-corrected chi connectivity index (χ1v) is 9.28. The summed E-state index contributed by atoms with van der Waals surface area (Å²) >= 11 is 0. The fraction of sp³-hybridized carbons (Fsp3) is 0.176. The maximum atomic E-state index is 13.3. The Balaban J connectivity index is 1.61. The van der Waals surface area contributed by atoms with Crippen LogP contribution in [-0.4, -0.2) is 23.4 Å². The van der Waals surface area contributed by atoms with E-state index in [2.05, 4.69) is 10.3 Å². The van der Waals surface area contributed by atoms with Crippen LogP contribution in [0.4, 0.5) is 4.39 Å². The molecule has 0 amide bonds. The molecule has 0 bridgehead atoms. The number of hydrogen-bond acceptors (Lipinski definition) is 4. The summed E-state index contributed by atoms with van der Waals surface area (Å²) in [6.45, 7) is 0. The highest BCUT2D eigenvalue weighted by molar-refractivity contribution is 7.89. The highest BCUT2D eigenvalue weighted by Crippen LogP contribution is 2.55. The predicted molar refractivity (Wildman–Crippen MR) is 89.2 cm³/mol. The van der Waals surface area contributed by atoms with Gasteiger partial charge in [-0.15, -0.1) is 5.10 Å². The van der Waals surface area contributed by atoms with Gasteiger partial charge in [-0.1, -0.05) is 29.5 Å². The molecule has 1 heterocycles. The number of hydrogen-bond donors (Lipinski definition) is 1. The van der Waals surface area contributed by atoms with Gasteiger partial charge in [-0.2, -0.15) is 0 Å². The average Bonchev–Trinajstić information content (AvgIpc) is 3.22. The van der Waals surface area contributed by atoms with Crippen molar-refractivity contribution < 1.29 is 12.8 Å². The first-order valence-electron chi connectivity index (χ1n) is 7.73. The lowest BCUT2D eigenvalue weighted by molar-refractivity contribution is 0.596. The number of nitrogens with zero attached hydrogens (tertiary/aromatic N) is 3. The second kappa shape index (κ2) is 5.75. The highest BCUT2D eigenvalue weighted by Gasteiger charge is 2.43. The molecule has 6 nitrogen and oxygen atoms in total. The fourth-order valence-electron chi connectivity index (χ4n) is 3.10. The molecule has 8 heteroatoms. The van der Waals surface area contributed by atoms with Crippen molar-refractivity contribution in [3.63, 3.8) is 0 Å². The molecule has 1 aliphatic rings. The lowest BCUT2D eigenvalue weighted by Gasteiger charge is -2.06. The van der Waals surface area contributed by atoms with E-state index in [1.807, 2.05) is 0 Å². The lowest BCUT2D eigenvalue weighted by atomic mass is 10.1. The van der Waals surface area contributed by atoms with E-state index in [-0.39, 0.29) is 22.5 Å². The molecule has 0 unspecified atom stereocenters. The molecule has 4 rings (SSSR count). The van der Waals surface area contributed by atoms with Gasteiger partial charge in [0, 0.05) is 5.92 Å². The van der Waals surface area contributed by atoms with Gasteiger partial charge in [0.2, 0.25) is 10.0 Å². The van der Waals surface area contributed by atoms with E-state index in [0.717, 1.165) is 12.1 Å². The summed E-state index contributed by atoms with van der Waals surface area (Å²) in [7, 11) is -3.77. The maximum absolute atomic E-state index is 13.3. The third kappa shape index (κ3) is 3.06. The summed E-state index contributed by atoms with van der Waals surface area (Å²) in [6.07, 6.45) is 2.52. The van der Waals surface area contributed by atoms with Crippen molar-refractivity contribution in [2.24, 2.45) is 5.14 Å². The number of rotatable bonds is 4. The first-order chi connectivity index (χ1) is 11.9. The van der Waals surface area contributed by atoms with Crippen LogP contribution >= 0.6 is 0 Å². The zero-order valence-corrected chi connectivity index (χ0v) is 13.9. The molecule has 128 valence electrons. The van der Waals surface area contributed by atoms with Gasteiger partial charge < -0.3 is 0 Å². The molecule has 0 aliphatic heterocycles. The van der Waals surface area contributed by atoms with Crippen molar-refractivity contribution >= 4 is 10.0 Å². The Hall–Kier alpha value is -2.58. The zero-order chi connectivity index (χ0) is 17.6. The molecule has 2 aromatic carbocycles. The summed E-state index contributed by atoms with van der Waals surface area (Å²) in [4.78, 5) is 0.153. The minimum Gasteiger partial charge on any atom is -0.225 e. The Morgan fingerprint density at radius 2 is 1.92 bits per heavy atom. The third-order valence-corrected chi connectivity index (χ3v) is 5.36. The molecule has 2 N–H and O–H groups in total. The zero-order valence-electron chi connectivity index (χ0n) is 13.1. The molecule has 25 heavy (non-hydrogen) atoms. The number of benzene rings is 2. The summed E-state index contributed by atoms with van der Waals surface area (Å²) in [5.74, 6) is -0.238. The number of sulfonamides is 1. The van der Waals surface area contributed by atoms with E-state index in [1.54, 1.807) is 36.5 Å². The van der Waals surface area contributed by atoms with E-state index >= 15 is 0 Å². The van der Waals surface area contributed by atoms with Crippen LogP contribution in [-0.2, 0) is 10.0 Å². The molecule has 1 aliphatic carbocycles. The molecular formula is C17H15FN4O2S. The predicted octanol–water partition coefficient (Wildman–Crippen LogP) is 2.32. The van der Waals surface area contributed by atoms with Crippen molar-refractivity contribution in [3.8, 4) is 5.69 Å². The first kappa shape index (κ1) is 15.9. The van der Waals surface area contributed by atoms with Gasteiger partial charge in [0.05, 0.1) is 22.5 Å². The largest absolute Gasteiger partial charge is 0.238 e. The van der Waals surface area contributed by atoms with E-state index in [0.29, 0.717) is 11.3 Å². The van der Waals surface area contributed by atoms with Gasteiger partial charge in [0.25, 0.3) is 0 Å². The molecule has 1 aromatic heterocycles. The van der Waals surface area contributed by atoms with Gasteiger partial charge in [0.1, 0.15) is 5.82 Å². The van der Waals surface area contributed by atoms with Crippen LogP contribution in [0.25, 0.3) is 5.69 Å². The van der Waals surface area contributed by atoms with Crippen LogP contribution in [0.5, 0.6) is 0 Å².